The minimum absolute atomic E-state index is 0.155. The molecule has 0 spiro atoms. The zero-order chi connectivity index (χ0) is 16.7. The molecule has 23 heavy (non-hydrogen) atoms. The van der Waals surface area contributed by atoms with Crippen molar-refractivity contribution in [1.29, 1.82) is 0 Å². The van der Waals surface area contributed by atoms with E-state index in [1.54, 1.807) is 7.11 Å². The lowest BCUT2D eigenvalue weighted by Gasteiger charge is -2.10. The van der Waals surface area contributed by atoms with Gasteiger partial charge in [0.25, 0.3) is 0 Å². The van der Waals surface area contributed by atoms with Gasteiger partial charge in [-0.3, -0.25) is 0 Å². The Labute approximate surface area is 137 Å². The molecule has 2 N–H and O–H groups in total. The molecular weight excluding hydrogens is 288 g/mol. The summed E-state index contributed by atoms with van der Waals surface area (Å²) in [6.07, 6.45) is 0.832. The zero-order valence-electron chi connectivity index (χ0n) is 14.0. The lowest BCUT2D eigenvalue weighted by atomic mass is 10.0. The smallest absolute Gasteiger partial charge is 0.315 e. The van der Waals surface area contributed by atoms with E-state index < -0.39 is 0 Å². The summed E-state index contributed by atoms with van der Waals surface area (Å²) >= 11 is 0. The molecule has 0 aliphatic heterocycles. The first-order valence-corrected chi connectivity index (χ1v) is 7.79. The van der Waals surface area contributed by atoms with Crippen LogP contribution in [0.25, 0.3) is 0 Å². The number of benzene rings is 2. The minimum Gasteiger partial charge on any atom is -0.497 e. The summed E-state index contributed by atoms with van der Waals surface area (Å²) in [5, 5.41) is 5.75. The molecule has 2 rings (SSSR count). The number of nitrogens with one attached hydrogen (secondary N) is 2. The molecule has 2 amide bonds. The predicted octanol–water partition coefficient (Wildman–Crippen LogP) is 3.35. The van der Waals surface area contributed by atoms with Gasteiger partial charge in [-0.1, -0.05) is 35.9 Å². The summed E-state index contributed by atoms with van der Waals surface area (Å²) in [7, 11) is 1.63. The first-order valence-electron chi connectivity index (χ1n) is 7.79. The second-order valence-electron chi connectivity index (χ2n) is 5.64. The van der Waals surface area contributed by atoms with Crippen molar-refractivity contribution >= 4 is 6.03 Å². The molecule has 0 aromatic heterocycles. The number of aryl methyl sites for hydroxylation is 2. The molecule has 0 bridgehead atoms. The van der Waals surface area contributed by atoms with Gasteiger partial charge in [0.1, 0.15) is 5.75 Å². The van der Waals surface area contributed by atoms with E-state index in [0.29, 0.717) is 13.1 Å². The van der Waals surface area contributed by atoms with Crippen molar-refractivity contribution in [2.75, 3.05) is 13.7 Å². The standard InChI is InChI=1S/C19H24N2O2/c1-14-7-8-17(15(2)11-14)9-10-20-19(22)21-13-16-5-4-6-18(12-16)23-3/h4-8,11-12H,9-10,13H2,1-3H3,(H2,20,21,22). The molecule has 0 radical (unpaired) electrons. The normalized spacial score (nSPS) is 10.2. The van der Waals surface area contributed by atoms with Crippen LogP contribution in [0.2, 0.25) is 0 Å². The highest BCUT2D eigenvalue weighted by Crippen LogP contribution is 2.12. The first kappa shape index (κ1) is 16.9. The average molecular weight is 312 g/mol. The quantitative estimate of drug-likeness (QED) is 0.859. The van der Waals surface area contributed by atoms with Crippen LogP contribution < -0.4 is 15.4 Å². The molecule has 2 aromatic carbocycles. The molecule has 0 saturated carbocycles. The highest BCUT2D eigenvalue weighted by Gasteiger charge is 2.03. The third-order valence-electron chi connectivity index (χ3n) is 3.77. The highest BCUT2D eigenvalue weighted by atomic mass is 16.5. The lowest BCUT2D eigenvalue weighted by Crippen LogP contribution is -2.36. The number of urea groups is 1. The van der Waals surface area contributed by atoms with E-state index in [2.05, 4.69) is 42.7 Å². The molecular formula is C19H24N2O2. The van der Waals surface area contributed by atoms with Crippen molar-refractivity contribution in [1.82, 2.24) is 10.6 Å². The van der Waals surface area contributed by atoms with E-state index in [9.17, 15) is 4.79 Å². The van der Waals surface area contributed by atoms with Gasteiger partial charge < -0.3 is 15.4 Å². The van der Waals surface area contributed by atoms with Crippen LogP contribution in [-0.2, 0) is 13.0 Å². The third kappa shape index (κ3) is 5.33. The number of carbonyl (C=O) groups excluding carboxylic acids is 1. The van der Waals surface area contributed by atoms with Crippen molar-refractivity contribution in [3.8, 4) is 5.75 Å². The van der Waals surface area contributed by atoms with Gasteiger partial charge in [-0.15, -0.1) is 0 Å². The Bertz CT molecular complexity index is 668. The van der Waals surface area contributed by atoms with Crippen molar-refractivity contribution in [2.24, 2.45) is 0 Å². The summed E-state index contributed by atoms with van der Waals surface area (Å²) in [6, 6.07) is 13.9. The van der Waals surface area contributed by atoms with Crippen molar-refractivity contribution in [2.45, 2.75) is 26.8 Å². The fraction of sp³-hybridized carbons (Fsp3) is 0.316. The minimum atomic E-state index is -0.155. The third-order valence-corrected chi connectivity index (χ3v) is 3.77. The highest BCUT2D eigenvalue weighted by molar-refractivity contribution is 5.73. The second kappa shape index (κ2) is 8.22. The Balaban J connectivity index is 1.74. The molecule has 0 unspecified atom stereocenters. The molecule has 2 aromatic rings. The summed E-state index contributed by atoms with van der Waals surface area (Å²) in [6.45, 7) is 5.28. The van der Waals surface area contributed by atoms with E-state index in [1.165, 1.54) is 16.7 Å². The van der Waals surface area contributed by atoms with Crippen LogP contribution in [0.3, 0.4) is 0 Å². The molecule has 0 aliphatic rings. The van der Waals surface area contributed by atoms with E-state index >= 15 is 0 Å². The maximum Gasteiger partial charge on any atom is 0.315 e. The number of hydrogen-bond acceptors (Lipinski definition) is 2. The molecule has 0 saturated heterocycles. The second-order valence-corrected chi connectivity index (χ2v) is 5.64. The van der Waals surface area contributed by atoms with Gasteiger partial charge in [-0.25, -0.2) is 4.79 Å². The van der Waals surface area contributed by atoms with Crippen LogP contribution in [0.4, 0.5) is 4.79 Å². The van der Waals surface area contributed by atoms with Crippen LogP contribution in [0.15, 0.2) is 42.5 Å². The van der Waals surface area contributed by atoms with Crippen LogP contribution in [0, 0.1) is 13.8 Å². The summed E-state index contributed by atoms with van der Waals surface area (Å²) in [4.78, 5) is 11.8. The Hall–Kier alpha value is -2.49. The maximum absolute atomic E-state index is 11.8. The molecule has 122 valence electrons. The maximum atomic E-state index is 11.8. The zero-order valence-corrected chi connectivity index (χ0v) is 14.0. The fourth-order valence-electron chi connectivity index (χ4n) is 2.46. The Morgan fingerprint density at radius 2 is 1.91 bits per heavy atom. The Kier molecular flexibility index (Phi) is 6.03. The van der Waals surface area contributed by atoms with Crippen LogP contribution in [0.1, 0.15) is 22.3 Å². The molecule has 0 atom stereocenters. The average Bonchev–Trinajstić information content (AvgIpc) is 2.55. The fourth-order valence-corrected chi connectivity index (χ4v) is 2.46. The predicted molar refractivity (Wildman–Crippen MR) is 92.9 cm³/mol. The largest absolute Gasteiger partial charge is 0.497 e. The van der Waals surface area contributed by atoms with Gasteiger partial charge in [0.2, 0.25) is 0 Å². The van der Waals surface area contributed by atoms with Gasteiger partial charge in [-0.05, 0) is 49.1 Å². The lowest BCUT2D eigenvalue weighted by molar-refractivity contribution is 0.240. The molecule has 4 heteroatoms. The molecule has 4 nitrogen and oxygen atoms in total. The number of methoxy groups -OCH3 is 1. The number of ether oxygens (including phenoxy) is 1. The number of carbonyl (C=O) groups is 1. The first-order chi connectivity index (χ1) is 11.1. The number of rotatable bonds is 6. The van der Waals surface area contributed by atoms with Gasteiger partial charge in [0.05, 0.1) is 7.11 Å². The Morgan fingerprint density at radius 1 is 1.09 bits per heavy atom. The van der Waals surface area contributed by atoms with Crippen molar-refractivity contribution < 1.29 is 9.53 Å². The molecule has 0 heterocycles. The Morgan fingerprint density at radius 3 is 2.65 bits per heavy atom. The van der Waals surface area contributed by atoms with E-state index in [-0.39, 0.29) is 6.03 Å². The summed E-state index contributed by atoms with van der Waals surface area (Å²) < 4.78 is 5.17. The summed E-state index contributed by atoms with van der Waals surface area (Å²) in [5.74, 6) is 0.791. The summed E-state index contributed by atoms with van der Waals surface area (Å²) in [5.41, 5.74) is 4.80. The van der Waals surface area contributed by atoms with Crippen LogP contribution in [0.5, 0.6) is 5.75 Å². The van der Waals surface area contributed by atoms with Gasteiger partial charge in [-0.2, -0.15) is 0 Å². The molecule has 0 fully saturated rings. The topological polar surface area (TPSA) is 50.4 Å². The van der Waals surface area contributed by atoms with Gasteiger partial charge >= 0.3 is 6.03 Å². The van der Waals surface area contributed by atoms with E-state index in [0.717, 1.165) is 17.7 Å². The SMILES string of the molecule is COc1cccc(CNC(=O)NCCc2ccc(C)cc2C)c1. The van der Waals surface area contributed by atoms with Gasteiger partial charge in [0, 0.05) is 13.1 Å². The van der Waals surface area contributed by atoms with E-state index in [4.69, 9.17) is 4.74 Å². The van der Waals surface area contributed by atoms with Crippen LogP contribution >= 0.6 is 0 Å². The van der Waals surface area contributed by atoms with Crippen LogP contribution in [-0.4, -0.2) is 19.7 Å². The van der Waals surface area contributed by atoms with Gasteiger partial charge in [0.15, 0.2) is 0 Å². The molecule has 0 aliphatic carbocycles. The number of amides is 2. The van der Waals surface area contributed by atoms with Crippen molar-refractivity contribution in [3.63, 3.8) is 0 Å². The monoisotopic (exact) mass is 312 g/mol. The van der Waals surface area contributed by atoms with E-state index in [1.807, 2.05) is 24.3 Å². The number of hydrogen-bond donors (Lipinski definition) is 2. The van der Waals surface area contributed by atoms with Crippen molar-refractivity contribution in [3.05, 3.63) is 64.7 Å².